The van der Waals surface area contributed by atoms with Crippen molar-refractivity contribution in [2.24, 2.45) is 11.3 Å². The molecule has 3 heteroatoms. The summed E-state index contributed by atoms with van der Waals surface area (Å²) in [6.45, 7) is 2.01. The van der Waals surface area contributed by atoms with Gasteiger partial charge in [-0.15, -0.1) is 0 Å². The summed E-state index contributed by atoms with van der Waals surface area (Å²) in [6.07, 6.45) is 6.40. The molecule has 0 atom stereocenters. The second-order valence-corrected chi connectivity index (χ2v) is 6.98. The highest BCUT2D eigenvalue weighted by Crippen LogP contribution is 2.45. The average Bonchev–Trinajstić information content (AvgIpc) is 2.93. The lowest BCUT2D eigenvalue weighted by Gasteiger charge is -2.37. The minimum absolute atomic E-state index is 0.134. The Balaban J connectivity index is 2.24. The van der Waals surface area contributed by atoms with E-state index in [1.165, 1.54) is 31.2 Å². The highest BCUT2D eigenvalue weighted by molar-refractivity contribution is 9.09. The fraction of sp³-hybridized carbons (Fsp3) is 0.625. The molecule has 0 amide bonds. The summed E-state index contributed by atoms with van der Waals surface area (Å²) in [7, 11) is 0. The van der Waals surface area contributed by atoms with Gasteiger partial charge in [0.05, 0.1) is 0 Å². The van der Waals surface area contributed by atoms with Gasteiger partial charge in [-0.05, 0) is 60.8 Å². The molecule has 0 heterocycles. The van der Waals surface area contributed by atoms with Crippen molar-refractivity contribution in [2.45, 2.75) is 39.0 Å². The van der Waals surface area contributed by atoms with Crippen LogP contribution in [0.5, 0.6) is 0 Å². The number of rotatable bonds is 5. The van der Waals surface area contributed by atoms with Crippen molar-refractivity contribution in [1.29, 1.82) is 0 Å². The van der Waals surface area contributed by atoms with E-state index in [9.17, 15) is 4.39 Å². The van der Waals surface area contributed by atoms with Crippen LogP contribution in [0, 0.1) is 24.1 Å². The number of halogens is 3. The second-order valence-electron chi connectivity index (χ2n) is 5.86. The maximum Gasteiger partial charge on any atom is 0.123 e. The van der Waals surface area contributed by atoms with Gasteiger partial charge < -0.3 is 0 Å². The number of benzene rings is 1. The van der Waals surface area contributed by atoms with E-state index in [-0.39, 0.29) is 11.2 Å². The zero-order chi connectivity index (χ0) is 13.9. The summed E-state index contributed by atoms with van der Waals surface area (Å²) in [4.78, 5) is 0. The Bertz CT molecular complexity index is 421. The molecule has 1 saturated carbocycles. The van der Waals surface area contributed by atoms with Crippen molar-refractivity contribution in [2.75, 3.05) is 10.7 Å². The second kappa shape index (κ2) is 6.71. The summed E-state index contributed by atoms with van der Waals surface area (Å²) in [5.41, 5.74) is 2.62. The van der Waals surface area contributed by atoms with E-state index >= 15 is 0 Å². The van der Waals surface area contributed by atoms with Crippen molar-refractivity contribution in [1.82, 2.24) is 0 Å². The summed E-state index contributed by atoms with van der Waals surface area (Å²) in [5.74, 6) is 0.640. The Kier molecular flexibility index (Phi) is 5.47. The molecule has 0 radical (unpaired) electrons. The molecule has 0 aromatic heterocycles. The zero-order valence-electron chi connectivity index (χ0n) is 11.4. The molecule has 0 bridgehead atoms. The van der Waals surface area contributed by atoms with E-state index in [1.807, 2.05) is 13.0 Å². The predicted molar refractivity (Wildman–Crippen MR) is 86.8 cm³/mol. The van der Waals surface area contributed by atoms with Crippen molar-refractivity contribution in [3.8, 4) is 0 Å². The van der Waals surface area contributed by atoms with Crippen LogP contribution in [0.15, 0.2) is 18.2 Å². The normalized spacial score (nSPS) is 17.1. The van der Waals surface area contributed by atoms with Gasteiger partial charge in [0.15, 0.2) is 0 Å². The molecule has 1 fully saturated rings. The Morgan fingerprint density at radius 3 is 2.37 bits per heavy atom. The SMILES string of the molecule is Cc1cc(F)ccc1CC(CBr)(CBr)C1CCCC1. The first-order valence-electron chi connectivity index (χ1n) is 6.98. The van der Waals surface area contributed by atoms with Crippen LogP contribution in [-0.2, 0) is 6.42 Å². The molecule has 0 N–H and O–H groups in total. The maximum atomic E-state index is 13.2. The Morgan fingerprint density at radius 1 is 1.21 bits per heavy atom. The van der Waals surface area contributed by atoms with Gasteiger partial charge in [-0.2, -0.15) is 0 Å². The predicted octanol–water partition coefficient (Wildman–Crippen LogP) is 5.64. The van der Waals surface area contributed by atoms with Gasteiger partial charge in [-0.25, -0.2) is 4.39 Å². The Morgan fingerprint density at radius 2 is 1.84 bits per heavy atom. The first-order valence-corrected chi connectivity index (χ1v) is 9.22. The lowest BCUT2D eigenvalue weighted by molar-refractivity contribution is 0.232. The Hall–Kier alpha value is 0.110. The van der Waals surface area contributed by atoms with Gasteiger partial charge >= 0.3 is 0 Å². The highest BCUT2D eigenvalue weighted by Gasteiger charge is 2.38. The molecular formula is C16H21Br2F. The van der Waals surface area contributed by atoms with Gasteiger partial charge in [-0.3, -0.25) is 0 Å². The third-order valence-corrected chi connectivity index (χ3v) is 6.83. The average molecular weight is 392 g/mol. The molecule has 0 aliphatic heterocycles. The molecule has 1 aliphatic rings. The monoisotopic (exact) mass is 390 g/mol. The number of hydrogen-bond donors (Lipinski definition) is 0. The minimum Gasteiger partial charge on any atom is -0.207 e. The molecule has 106 valence electrons. The van der Waals surface area contributed by atoms with Crippen LogP contribution in [0.4, 0.5) is 4.39 Å². The van der Waals surface area contributed by atoms with Crippen LogP contribution in [-0.4, -0.2) is 10.7 Å². The quantitative estimate of drug-likeness (QED) is 0.569. The molecule has 1 aromatic rings. The largest absolute Gasteiger partial charge is 0.207 e. The molecule has 0 spiro atoms. The molecule has 1 aromatic carbocycles. The number of aryl methyl sites for hydroxylation is 1. The van der Waals surface area contributed by atoms with E-state index < -0.39 is 0 Å². The lowest BCUT2D eigenvalue weighted by Crippen LogP contribution is -2.35. The molecule has 0 saturated heterocycles. The zero-order valence-corrected chi connectivity index (χ0v) is 14.6. The van der Waals surface area contributed by atoms with Crippen molar-refractivity contribution < 1.29 is 4.39 Å². The first-order chi connectivity index (χ1) is 9.11. The third kappa shape index (κ3) is 3.41. The summed E-state index contributed by atoms with van der Waals surface area (Å²) in [5, 5.41) is 2.01. The summed E-state index contributed by atoms with van der Waals surface area (Å²) in [6, 6.07) is 5.20. The molecular weight excluding hydrogens is 371 g/mol. The van der Waals surface area contributed by atoms with Crippen molar-refractivity contribution in [3.63, 3.8) is 0 Å². The van der Waals surface area contributed by atoms with E-state index in [0.29, 0.717) is 0 Å². The third-order valence-electron chi connectivity index (χ3n) is 4.60. The van der Waals surface area contributed by atoms with Gasteiger partial charge in [0.1, 0.15) is 5.82 Å². The van der Waals surface area contributed by atoms with Crippen LogP contribution in [0.2, 0.25) is 0 Å². The van der Waals surface area contributed by atoms with Crippen LogP contribution >= 0.6 is 31.9 Å². The van der Waals surface area contributed by atoms with Crippen LogP contribution in [0.3, 0.4) is 0 Å². The molecule has 0 nitrogen and oxygen atoms in total. The van der Waals surface area contributed by atoms with E-state index in [1.54, 1.807) is 12.1 Å². The van der Waals surface area contributed by atoms with Crippen molar-refractivity contribution in [3.05, 3.63) is 35.1 Å². The van der Waals surface area contributed by atoms with Gasteiger partial charge in [0.25, 0.3) is 0 Å². The fourth-order valence-electron chi connectivity index (χ4n) is 3.27. The first kappa shape index (κ1) is 15.5. The summed E-state index contributed by atoms with van der Waals surface area (Å²) >= 11 is 7.47. The van der Waals surface area contributed by atoms with Gasteiger partial charge in [-0.1, -0.05) is 50.8 Å². The standard InChI is InChI=1S/C16H21Br2F/c1-12-8-15(19)7-6-13(12)9-16(10-17,11-18)14-4-2-3-5-14/h6-8,14H,2-5,9-11H2,1H3. The van der Waals surface area contributed by atoms with E-state index in [4.69, 9.17) is 0 Å². The van der Waals surface area contributed by atoms with Crippen molar-refractivity contribution >= 4 is 31.9 Å². The number of alkyl halides is 2. The van der Waals surface area contributed by atoms with E-state index in [0.717, 1.165) is 28.6 Å². The maximum absolute atomic E-state index is 13.2. The topological polar surface area (TPSA) is 0 Å². The molecule has 0 unspecified atom stereocenters. The fourth-order valence-corrected chi connectivity index (χ4v) is 5.51. The molecule has 2 rings (SSSR count). The van der Waals surface area contributed by atoms with Crippen LogP contribution in [0.1, 0.15) is 36.8 Å². The summed E-state index contributed by atoms with van der Waals surface area (Å²) < 4.78 is 13.2. The van der Waals surface area contributed by atoms with E-state index in [2.05, 4.69) is 31.9 Å². The van der Waals surface area contributed by atoms with Crippen LogP contribution in [0.25, 0.3) is 0 Å². The van der Waals surface area contributed by atoms with Gasteiger partial charge in [0, 0.05) is 10.7 Å². The minimum atomic E-state index is -0.134. The lowest BCUT2D eigenvalue weighted by atomic mass is 9.73. The Labute approximate surface area is 132 Å². The van der Waals surface area contributed by atoms with Crippen LogP contribution < -0.4 is 0 Å². The highest BCUT2D eigenvalue weighted by atomic mass is 79.9. The molecule has 1 aliphatic carbocycles. The smallest absolute Gasteiger partial charge is 0.123 e. The number of hydrogen-bond acceptors (Lipinski definition) is 0. The van der Waals surface area contributed by atoms with Gasteiger partial charge in [0.2, 0.25) is 0 Å². The molecule has 19 heavy (non-hydrogen) atoms.